The molecule has 0 spiro atoms. The summed E-state index contributed by atoms with van der Waals surface area (Å²) in [4.78, 5) is 17.3. The lowest BCUT2D eigenvalue weighted by atomic mass is 10.2. The Hall–Kier alpha value is -0.880. The Labute approximate surface area is 152 Å². The summed E-state index contributed by atoms with van der Waals surface area (Å²) in [5.74, 6) is 0.00879. The Morgan fingerprint density at radius 1 is 1.26 bits per heavy atom. The van der Waals surface area contributed by atoms with Gasteiger partial charge in [0.05, 0.1) is 4.91 Å². The summed E-state index contributed by atoms with van der Waals surface area (Å²) < 4.78 is 0.648. The van der Waals surface area contributed by atoms with Gasteiger partial charge in [-0.15, -0.1) is 0 Å². The summed E-state index contributed by atoms with van der Waals surface area (Å²) in [6.07, 6.45) is 2.81. The topological polar surface area (TPSA) is 23.6 Å². The quantitative estimate of drug-likeness (QED) is 0.529. The van der Waals surface area contributed by atoms with Crippen molar-refractivity contribution in [3.05, 3.63) is 39.8 Å². The van der Waals surface area contributed by atoms with E-state index < -0.39 is 0 Å². The Bertz CT molecular complexity index is 597. The lowest BCUT2D eigenvalue weighted by Gasteiger charge is -2.20. The molecule has 1 aromatic carbocycles. The van der Waals surface area contributed by atoms with Crippen molar-refractivity contribution >= 4 is 51.9 Å². The van der Waals surface area contributed by atoms with Crippen molar-refractivity contribution in [1.29, 1.82) is 0 Å². The van der Waals surface area contributed by atoms with Crippen molar-refractivity contribution in [2.24, 2.45) is 0 Å². The van der Waals surface area contributed by atoms with Crippen LogP contribution in [-0.4, -0.2) is 46.2 Å². The van der Waals surface area contributed by atoms with E-state index in [1.54, 1.807) is 4.90 Å². The molecule has 0 aliphatic carbocycles. The monoisotopic (exact) mass is 368 g/mol. The number of amides is 1. The molecule has 6 heteroatoms. The van der Waals surface area contributed by atoms with Gasteiger partial charge in [0.25, 0.3) is 5.91 Å². The molecule has 1 saturated heterocycles. The number of rotatable bonds is 7. The van der Waals surface area contributed by atoms with Crippen LogP contribution in [0.25, 0.3) is 6.08 Å². The van der Waals surface area contributed by atoms with E-state index in [2.05, 4.69) is 18.7 Å². The first-order valence-electron chi connectivity index (χ1n) is 7.78. The van der Waals surface area contributed by atoms with E-state index in [0.29, 0.717) is 20.8 Å². The second-order valence-corrected chi connectivity index (χ2v) is 7.38. The average Bonchev–Trinajstić information content (AvgIpc) is 2.81. The number of benzene rings is 1. The lowest BCUT2D eigenvalue weighted by molar-refractivity contribution is -0.122. The summed E-state index contributed by atoms with van der Waals surface area (Å²) in [5.41, 5.74) is 0.957. The zero-order valence-corrected chi connectivity index (χ0v) is 15.8. The van der Waals surface area contributed by atoms with Crippen LogP contribution in [0.5, 0.6) is 0 Å². The van der Waals surface area contributed by atoms with Gasteiger partial charge in [0.1, 0.15) is 4.32 Å². The van der Waals surface area contributed by atoms with Gasteiger partial charge >= 0.3 is 0 Å². The second kappa shape index (κ2) is 8.83. The van der Waals surface area contributed by atoms with Gasteiger partial charge in [-0.2, -0.15) is 0 Å². The van der Waals surface area contributed by atoms with Crippen molar-refractivity contribution in [2.45, 2.75) is 20.3 Å². The van der Waals surface area contributed by atoms with Crippen LogP contribution in [-0.2, 0) is 4.79 Å². The number of hydrogen-bond acceptors (Lipinski definition) is 4. The second-order valence-electron chi connectivity index (χ2n) is 5.27. The van der Waals surface area contributed by atoms with Gasteiger partial charge in [-0.1, -0.05) is 61.6 Å². The maximum Gasteiger partial charge on any atom is 0.266 e. The SMILES string of the molecule is CCN(CC)CCCN1C(=O)/C(=C/c2ccc(Cl)cc2)SC1=S. The van der Waals surface area contributed by atoms with Gasteiger partial charge in [-0.3, -0.25) is 9.69 Å². The molecule has 0 bridgehead atoms. The molecular formula is C17H21ClN2OS2. The van der Waals surface area contributed by atoms with Crippen molar-refractivity contribution < 1.29 is 4.79 Å². The molecule has 1 amide bonds. The normalized spacial score (nSPS) is 16.9. The number of halogens is 1. The van der Waals surface area contributed by atoms with Crippen LogP contribution in [0.1, 0.15) is 25.8 Å². The van der Waals surface area contributed by atoms with Crippen molar-refractivity contribution in [1.82, 2.24) is 9.80 Å². The molecule has 1 heterocycles. The Balaban J connectivity index is 1.98. The molecule has 1 fully saturated rings. The molecule has 0 radical (unpaired) electrons. The minimum atomic E-state index is 0.00879. The van der Waals surface area contributed by atoms with E-state index in [-0.39, 0.29) is 5.91 Å². The number of hydrogen-bond donors (Lipinski definition) is 0. The van der Waals surface area contributed by atoms with Gasteiger partial charge in [0.15, 0.2) is 0 Å². The predicted molar refractivity (Wildman–Crippen MR) is 104 cm³/mol. The smallest absolute Gasteiger partial charge is 0.266 e. The highest BCUT2D eigenvalue weighted by Crippen LogP contribution is 2.32. The van der Waals surface area contributed by atoms with E-state index in [1.807, 2.05) is 30.3 Å². The van der Waals surface area contributed by atoms with Gasteiger partial charge < -0.3 is 4.90 Å². The summed E-state index contributed by atoms with van der Waals surface area (Å²) >= 11 is 12.6. The van der Waals surface area contributed by atoms with Crippen LogP contribution in [0.15, 0.2) is 29.2 Å². The molecule has 1 aromatic rings. The molecule has 1 aliphatic rings. The third kappa shape index (κ3) is 5.05. The largest absolute Gasteiger partial charge is 0.304 e. The highest BCUT2D eigenvalue weighted by Gasteiger charge is 2.31. The van der Waals surface area contributed by atoms with Gasteiger partial charge in [0.2, 0.25) is 0 Å². The van der Waals surface area contributed by atoms with E-state index in [0.717, 1.165) is 31.6 Å². The van der Waals surface area contributed by atoms with Crippen molar-refractivity contribution in [2.75, 3.05) is 26.2 Å². The van der Waals surface area contributed by atoms with Gasteiger partial charge in [-0.25, -0.2) is 0 Å². The first-order chi connectivity index (χ1) is 11.0. The lowest BCUT2D eigenvalue weighted by Crippen LogP contribution is -2.32. The van der Waals surface area contributed by atoms with E-state index in [4.69, 9.17) is 23.8 Å². The molecule has 0 aromatic heterocycles. The first kappa shape index (κ1) is 18.5. The van der Waals surface area contributed by atoms with E-state index in [1.165, 1.54) is 11.8 Å². The van der Waals surface area contributed by atoms with Crippen LogP contribution in [0.2, 0.25) is 5.02 Å². The molecule has 0 saturated carbocycles. The molecule has 0 N–H and O–H groups in total. The van der Waals surface area contributed by atoms with Crippen molar-refractivity contribution in [3.8, 4) is 0 Å². The molecule has 0 atom stereocenters. The Kier molecular flexibility index (Phi) is 7.09. The number of carbonyl (C=O) groups is 1. The maximum absolute atomic E-state index is 12.5. The molecule has 1 aliphatic heterocycles. The first-order valence-corrected chi connectivity index (χ1v) is 9.38. The Morgan fingerprint density at radius 3 is 2.52 bits per heavy atom. The van der Waals surface area contributed by atoms with E-state index >= 15 is 0 Å². The highest BCUT2D eigenvalue weighted by atomic mass is 35.5. The zero-order chi connectivity index (χ0) is 16.8. The summed E-state index contributed by atoms with van der Waals surface area (Å²) in [7, 11) is 0. The predicted octanol–water partition coefficient (Wildman–Crippen LogP) is 4.27. The number of nitrogens with zero attached hydrogens (tertiary/aromatic N) is 2. The van der Waals surface area contributed by atoms with Crippen LogP contribution in [0, 0.1) is 0 Å². The van der Waals surface area contributed by atoms with Crippen molar-refractivity contribution in [3.63, 3.8) is 0 Å². The molecule has 23 heavy (non-hydrogen) atoms. The summed E-state index contributed by atoms with van der Waals surface area (Å²) in [5, 5.41) is 0.686. The standard InChI is InChI=1S/C17H21ClN2OS2/c1-3-19(4-2)10-5-11-20-16(21)15(23-17(20)22)12-13-6-8-14(18)9-7-13/h6-9,12H,3-5,10-11H2,1-2H3/b15-12-. The molecule has 3 nitrogen and oxygen atoms in total. The van der Waals surface area contributed by atoms with Gasteiger partial charge in [0, 0.05) is 11.6 Å². The number of thiocarbonyl (C=S) groups is 1. The highest BCUT2D eigenvalue weighted by molar-refractivity contribution is 8.26. The Morgan fingerprint density at radius 2 is 1.91 bits per heavy atom. The number of thioether (sulfide) groups is 1. The third-order valence-electron chi connectivity index (χ3n) is 3.79. The fraction of sp³-hybridized carbons (Fsp3) is 0.412. The molecular weight excluding hydrogens is 348 g/mol. The van der Waals surface area contributed by atoms with E-state index in [9.17, 15) is 4.79 Å². The molecule has 124 valence electrons. The van der Waals surface area contributed by atoms with Crippen LogP contribution in [0.3, 0.4) is 0 Å². The summed E-state index contributed by atoms with van der Waals surface area (Å²) in [6.45, 7) is 8.03. The third-order valence-corrected chi connectivity index (χ3v) is 5.42. The minimum Gasteiger partial charge on any atom is -0.304 e. The minimum absolute atomic E-state index is 0.00879. The molecule has 2 rings (SSSR count). The average molecular weight is 369 g/mol. The fourth-order valence-electron chi connectivity index (χ4n) is 2.40. The maximum atomic E-state index is 12.5. The number of carbonyl (C=O) groups excluding carboxylic acids is 1. The fourth-order valence-corrected chi connectivity index (χ4v) is 3.83. The van der Waals surface area contributed by atoms with Crippen LogP contribution >= 0.6 is 35.6 Å². The van der Waals surface area contributed by atoms with Gasteiger partial charge in [-0.05, 0) is 49.8 Å². The van der Waals surface area contributed by atoms with Crippen LogP contribution in [0.4, 0.5) is 0 Å². The van der Waals surface area contributed by atoms with Crippen LogP contribution < -0.4 is 0 Å². The molecule has 0 unspecified atom stereocenters. The summed E-state index contributed by atoms with van der Waals surface area (Å²) in [6, 6.07) is 7.43. The zero-order valence-electron chi connectivity index (χ0n) is 13.4.